The van der Waals surface area contributed by atoms with Crippen molar-refractivity contribution in [1.82, 2.24) is 29.5 Å². The number of aryl methyl sites for hydroxylation is 1. The van der Waals surface area contributed by atoms with Crippen LogP contribution in [-0.2, 0) is 19.6 Å². The lowest BCUT2D eigenvalue weighted by Crippen LogP contribution is -2.36. The fourth-order valence-corrected chi connectivity index (χ4v) is 4.68. The Morgan fingerprint density at radius 2 is 2.08 bits per heavy atom. The highest BCUT2D eigenvalue weighted by Gasteiger charge is 2.56. The first kappa shape index (κ1) is 17.7. The summed E-state index contributed by atoms with van der Waals surface area (Å²) in [5.41, 5.74) is 1.84. The van der Waals surface area contributed by atoms with E-state index in [0.29, 0.717) is 17.5 Å². The zero-order valence-corrected chi connectivity index (χ0v) is 16.4. The molecule has 0 aromatic carbocycles. The van der Waals surface area contributed by atoms with Gasteiger partial charge in [-0.15, -0.1) is 0 Å². The van der Waals surface area contributed by atoms with Crippen molar-refractivity contribution in [1.29, 1.82) is 0 Å². The molecule has 4 rings (SSSR count). The number of nitrogens with zero attached hydrogens (tertiary/aromatic N) is 5. The van der Waals surface area contributed by atoms with E-state index in [-0.39, 0.29) is 0 Å². The van der Waals surface area contributed by atoms with Crippen LogP contribution in [0.15, 0.2) is 24.7 Å². The topological polar surface area (TPSA) is 50.9 Å². The molecule has 1 N–H and O–H groups in total. The van der Waals surface area contributed by atoms with E-state index in [0.717, 1.165) is 32.7 Å². The van der Waals surface area contributed by atoms with Crippen molar-refractivity contribution in [2.75, 3.05) is 13.1 Å². The number of imidazole rings is 1. The van der Waals surface area contributed by atoms with E-state index in [9.17, 15) is 0 Å². The van der Waals surface area contributed by atoms with E-state index in [4.69, 9.17) is 0 Å². The number of nitrogens with one attached hydrogen (secondary N) is 1. The molecule has 142 valence electrons. The molecule has 6 nitrogen and oxygen atoms in total. The van der Waals surface area contributed by atoms with Gasteiger partial charge >= 0.3 is 0 Å². The van der Waals surface area contributed by atoms with Gasteiger partial charge in [0.2, 0.25) is 0 Å². The molecule has 0 radical (unpaired) electrons. The third kappa shape index (κ3) is 3.32. The molecular formula is C20H32N6. The van der Waals surface area contributed by atoms with Gasteiger partial charge in [0.25, 0.3) is 0 Å². The van der Waals surface area contributed by atoms with Gasteiger partial charge in [-0.05, 0) is 64.6 Å². The van der Waals surface area contributed by atoms with Crippen LogP contribution >= 0.6 is 0 Å². The van der Waals surface area contributed by atoms with Gasteiger partial charge in [0.15, 0.2) is 0 Å². The molecule has 2 aromatic rings. The lowest BCUT2D eigenvalue weighted by atomic mass is 9.93. The van der Waals surface area contributed by atoms with Gasteiger partial charge in [0, 0.05) is 43.8 Å². The first-order chi connectivity index (χ1) is 12.6. The van der Waals surface area contributed by atoms with E-state index < -0.39 is 0 Å². The Hall–Kier alpha value is -1.66. The normalized spacial score (nSPS) is 21.8. The SMILES string of the molecule is CCn1ccnc1CN(Cc1ccnn1C(C)C)C1CC12CCNCC2. The molecule has 2 aliphatic rings. The average molecular weight is 357 g/mol. The van der Waals surface area contributed by atoms with Crippen LogP contribution in [0.1, 0.15) is 57.6 Å². The van der Waals surface area contributed by atoms with Crippen molar-refractivity contribution < 1.29 is 0 Å². The van der Waals surface area contributed by atoms with E-state index in [1.165, 1.54) is 30.8 Å². The summed E-state index contributed by atoms with van der Waals surface area (Å²) in [5.74, 6) is 1.18. The largest absolute Gasteiger partial charge is 0.334 e. The van der Waals surface area contributed by atoms with Crippen LogP contribution in [0.2, 0.25) is 0 Å². The van der Waals surface area contributed by atoms with Crippen molar-refractivity contribution in [3.05, 3.63) is 36.2 Å². The third-order valence-electron chi connectivity index (χ3n) is 6.28. The zero-order valence-electron chi connectivity index (χ0n) is 16.4. The Bertz CT molecular complexity index is 724. The van der Waals surface area contributed by atoms with Crippen molar-refractivity contribution in [2.24, 2.45) is 5.41 Å². The molecule has 0 amide bonds. The Morgan fingerprint density at radius 1 is 1.27 bits per heavy atom. The summed E-state index contributed by atoms with van der Waals surface area (Å²) in [6.07, 6.45) is 9.91. The number of rotatable bonds is 7. The first-order valence-corrected chi connectivity index (χ1v) is 10.1. The molecule has 1 aliphatic heterocycles. The molecule has 0 bridgehead atoms. The summed E-state index contributed by atoms with van der Waals surface area (Å²) >= 11 is 0. The van der Waals surface area contributed by atoms with Crippen LogP contribution in [0, 0.1) is 5.41 Å². The van der Waals surface area contributed by atoms with Crippen LogP contribution in [0.25, 0.3) is 0 Å². The molecule has 2 aromatic heterocycles. The van der Waals surface area contributed by atoms with Gasteiger partial charge in [-0.3, -0.25) is 9.58 Å². The standard InChI is InChI=1S/C20H32N6/c1-4-24-12-11-22-19(24)15-25(14-17-5-8-23-26(17)16(2)3)18-13-20(18)6-9-21-10-7-20/h5,8,11-12,16,18,21H,4,6-7,9-10,13-15H2,1-3H3. The van der Waals surface area contributed by atoms with Crippen LogP contribution in [0.3, 0.4) is 0 Å². The lowest BCUT2D eigenvalue weighted by molar-refractivity contribution is 0.177. The molecule has 1 saturated heterocycles. The van der Waals surface area contributed by atoms with E-state index >= 15 is 0 Å². The maximum atomic E-state index is 4.64. The van der Waals surface area contributed by atoms with E-state index in [1.807, 2.05) is 12.4 Å². The van der Waals surface area contributed by atoms with Crippen molar-refractivity contribution in [2.45, 2.75) is 71.8 Å². The second-order valence-electron chi connectivity index (χ2n) is 8.23. The molecule has 2 fully saturated rings. The summed E-state index contributed by atoms with van der Waals surface area (Å²) in [5, 5.41) is 8.07. The Labute approximate surface area is 156 Å². The lowest BCUT2D eigenvalue weighted by Gasteiger charge is -2.30. The molecule has 26 heavy (non-hydrogen) atoms. The Kier molecular flexibility index (Phi) is 4.88. The quantitative estimate of drug-likeness (QED) is 0.829. The summed E-state index contributed by atoms with van der Waals surface area (Å²) in [6.45, 7) is 11.8. The fraction of sp³-hybridized carbons (Fsp3) is 0.700. The third-order valence-corrected chi connectivity index (χ3v) is 6.28. The first-order valence-electron chi connectivity index (χ1n) is 10.1. The summed E-state index contributed by atoms with van der Waals surface area (Å²) in [4.78, 5) is 7.31. The zero-order chi connectivity index (χ0) is 18.1. The molecule has 1 atom stereocenters. The molecule has 1 spiro atoms. The average Bonchev–Trinajstić information content (AvgIpc) is 3.02. The fourth-order valence-electron chi connectivity index (χ4n) is 4.68. The van der Waals surface area contributed by atoms with Crippen molar-refractivity contribution >= 4 is 0 Å². The highest BCUT2D eigenvalue weighted by Crippen LogP contribution is 2.56. The highest BCUT2D eigenvalue weighted by molar-refractivity contribution is 5.13. The maximum Gasteiger partial charge on any atom is 0.122 e. The second kappa shape index (κ2) is 7.16. The van der Waals surface area contributed by atoms with Gasteiger partial charge in [0.05, 0.1) is 12.2 Å². The Balaban J connectivity index is 1.56. The minimum absolute atomic E-state index is 0.395. The summed E-state index contributed by atoms with van der Waals surface area (Å²) in [6, 6.07) is 3.24. The van der Waals surface area contributed by atoms with Crippen LogP contribution in [-0.4, -0.2) is 43.4 Å². The van der Waals surface area contributed by atoms with Gasteiger partial charge in [0.1, 0.15) is 5.82 Å². The Morgan fingerprint density at radius 3 is 2.81 bits per heavy atom. The smallest absolute Gasteiger partial charge is 0.122 e. The predicted molar refractivity (Wildman–Crippen MR) is 103 cm³/mol. The number of hydrogen-bond acceptors (Lipinski definition) is 4. The summed E-state index contributed by atoms with van der Waals surface area (Å²) in [7, 11) is 0. The molecule has 3 heterocycles. The molecule has 1 saturated carbocycles. The van der Waals surface area contributed by atoms with Gasteiger partial charge < -0.3 is 9.88 Å². The van der Waals surface area contributed by atoms with Crippen LogP contribution in [0.4, 0.5) is 0 Å². The van der Waals surface area contributed by atoms with Crippen LogP contribution < -0.4 is 5.32 Å². The van der Waals surface area contributed by atoms with Gasteiger partial charge in [-0.25, -0.2) is 4.98 Å². The number of hydrogen-bond donors (Lipinski definition) is 1. The molecule has 1 aliphatic carbocycles. The second-order valence-corrected chi connectivity index (χ2v) is 8.23. The monoisotopic (exact) mass is 356 g/mol. The van der Waals surface area contributed by atoms with Gasteiger partial charge in [-0.1, -0.05) is 0 Å². The minimum Gasteiger partial charge on any atom is -0.334 e. The molecular weight excluding hydrogens is 324 g/mol. The van der Waals surface area contributed by atoms with Crippen molar-refractivity contribution in [3.63, 3.8) is 0 Å². The van der Waals surface area contributed by atoms with Gasteiger partial charge in [-0.2, -0.15) is 5.10 Å². The highest BCUT2D eigenvalue weighted by atomic mass is 15.3. The molecule has 6 heteroatoms. The van der Waals surface area contributed by atoms with Crippen LogP contribution in [0.5, 0.6) is 0 Å². The predicted octanol–water partition coefficient (Wildman–Crippen LogP) is 2.82. The maximum absolute atomic E-state index is 4.64. The number of aromatic nitrogens is 4. The van der Waals surface area contributed by atoms with Crippen molar-refractivity contribution in [3.8, 4) is 0 Å². The summed E-state index contributed by atoms with van der Waals surface area (Å²) < 4.78 is 4.43. The minimum atomic E-state index is 0.395. The molecule has 1 unspecified atom stereocenters. The van der Waals surface area contributed by atoms with E-state index in [1.54, 1.807) is 0 Å². The van der Waals surface area contributed by atoms with E-state index in [2.05, 4.69) is 62.6 Å². The number of piperidine rings is 1.